The van der Waals surface area contributed by atoms with E-state index < -0.39 is 0 Å². The van der Waals surface area contributed by atoms with Crippen molar-refractivity contribution in [3.63, 3.8) is 0 Å². The molecule has 1 rings (SSSR count). The molecule has 2 N–H and O–H groups in total. The van der Waals surface area contributed by atoms with Crippen LogP contribution in [-0.2, 0) is 25.7 Å². The maximum Gasteiger partial charge on any atom is 0.306 e. The Balaban J connectivity index is 1.85. The van der Waals surface area contributed by atoms with Gasteiger partial charge in [-0.25, -0.2) is 0 Å². The fourth-order valence-corrected chi connectivity index (χ4v) is 4.93. The van der Waals surface area contributed by atoms with E-state index in [-0.39, 0.29) is 17.8 Å². The highest BCUT2D eigenvalue weighted by Crippen LogP contribution is 2.22. The molecule has 33 heavy (non-hydrogen) atoms. The first-order chi connectivity index (χ1) is 16.1. The molecule has 0 bridgehead atoms. The molecule has 0 heterocycles. The highest BCUT2D eigenvalue weighted by atomic mass is 33.1. The van der Waals surface area contributed by atoms with Crippen LogP contribution in [0.3, 0.4) is 0 Å². The summed E-state index contributed by atoms with van der Waals surface area (Å²) in [5, 5.41) is 5.88. The summed E-state index contributed by atoms with van der Waals surface area (Å²) in [6, 6.07) is 9.65. The second kappa shape index (κ2) is 20.9. The van der Waals surface area contributed by atoms with Crippen LogP contribution in [0.1, 0.15) is 76.7 Å². The number of ether oxygens (including phenoxy) is 1. The maximum atomic E-state index is 11.9. The van der Waals surface area contributed by atoms with Crippen molar-refractivity contribution in [2.45, 2.75) is 77.7 Å². The smallest absolute Gasteiger partial charge is 0.306 e. The molecule has 8 heteroatoms. The average molecular weight is 497 g/mol. The second-order valence-electron chi connectivity index (χ2n) is 7.86. The SMILES string of the molecule is CCCCCCNC(=O)CCSSCCC(=O)NCCCCCC(=O)OCc1ccccc1. The molecule has 0 saturated heterocycles. The lowest BCUT2D eigenvalue weighted by molar-refractivity contribution is -0.145. The van der Waals surface area contributed by atoms with Crippen molar-refractivity contribution in [3.05, 3.63) is 35.9 Å². The minimum atomic E-state index is -0.179. The lowest BCUT2D eigenvalue weighted by Crippen LogP contribution is -2.24. The maximum absolute atomic E-state index is 11.9. The molecule has 0 spiro atoms. The molecular formula is C25H40N2O4S2. The molecule has 0 unspecified atom stereocenters. The van der Waals surface area contributed by atoms with Crippen LogP contribution in [0.5, 0.6) is 0 Å². The van der Waals surface area contributed by atoms with E-state index in [1.54, 1.807) is 21.6 Å². The highest BCUT2D eigenvalue weighted by Gasteiger charge is 2.05. The van der Waals surface area contributed by atoms with Gasteiger partial charge in [0.05, 0.1) is 0 Å². The summed E-state index contributed by atoms with van der Waals surface area (Å²) < 4.78 is 5.25. The normalized spacial score (nSPS) is 10.6. The van der Waals surface area contributed by atoms with Crippen LogP contribution in [0.4, 0.5) is 0 Å². The first kappa shape index (κ1) is 29.4. The molecule has 0 aliphatic rings. The van der Waals surface area contributed by atoms with Gasteiger partial charge < -0.3 is 15.4 Å². The van der Waals surface area contributed by atoms with Gasteiger partial charge in [-0.1, -0.05) is 84.5 Å². The van der Waals surface area contributed by atoms with Crippen LogP contribution in [0.25, 0.3) is 0 Å². The van der Waals surface area contributed by atoms with Gasteiger partial charge in [0, 0.05) is 43.9 Å². The Kier molecular flexibility index (Phi) is 18.6. The van der Waals surface area contributed by atoms with Crippen LogP contribution in [-0.4, -0.2) is 42.4 Å². The number of carbonyl (C=O) groups is 3. The van der Waals surface area contributed by atoms with Gasteiger partial charge in [-0.2, -0.15) is 0 Å². The summed E-state index contributed by atoms with van der Waals surface area (Å²) in [4.78, 5) is 35.3. The molecule has 1 aromatic rings. The molecule has 2 amide bonds. The monoisotopic (exact) mass is 496 g/mol. The number of hydrogen-bond acceptors (Lipinski definition) is 6. The third kappa shape index (κ3) is 18.4. The van der Waals surface area contributed by atoms with E-state index in [2.05, 4.69) is 17.6 Å². The van der Waals surface area contributed by atoms with Crippen LogP contribution >= 0.6 is 21.6 Å². The first-order valence-corrected chi connectivity index (χ1v) is 14.6. The van der Waals surface area contributed by atoms with Crippen molar-refractivity contribution in [1.29, 1.82) is 0 Å². The molecule has 0 aliphatic heterocycles. The van der Waals surface area contributed by atoms with Gasteiger partial charge in [-0.05, 0) is 24.8 Å². The Labute approximate surface area is 207 Å². The highest BCUT2D eigenvalue weighted by molar-refractivity contribution is 8.76. The van der Waals surface area contributed by atoms with Crippen molar-refractivity contribution < 1.29 is 19.1 Å². The number of esters is 1. The third-order valence-electron chi connectivity index (χ3n) is 4.88. The summed E-state index contributed by atoms with van der Waals surface area (Å²) >= 11 is 0. The van der Waals surface area contributed by atoms with E-state index >= 15 is 0 Å². The Morgan fingerprint density at radius 3 is 1.91 bits per heavy atom. The average Bonchev–Trinajstić information content (AvgIpc) is 2.82. The van der Waals surface area contributed by atoms with Crippen molar-refractivity contribution in [2.24, 2.45) is 0 Å². The number of carbonyl (C=O) groups excluding carboxylic acids is 3. The lowest BCUT2D eigenvalue weighted by Gasteiger charge is -2.06. The molecule has 0 saturated carbocycles. The number of nitrogens with one attached hydrogen (secondary N) is 2. The molecular weight excluding hydrogens is 456 g/mol. The Morgan fingerprint density at radius 2 is 1.33 bits per heavy atom. The lowest BCUT2D eigenvalue weighted by atomic mass is 10.2. The van der Waals surface area contributed by atoms with Gasteiger partial charge in [0.25, 0.3) is 0 Å². The van der Waals surface area contributed by atoms with Gasteiger partial charge in [0.15, 0.2) is 0 Å². The van der Waals surface area contributed by atoms with Gasteiger partial charge in [0.1, 0.15) is 6.61 Å². The summed E-state index contributed by atoms with van der Waals surface area (Å²) in [6.07, 6.45) is 8.57. The summed E-state index contributed by atoms with van der Waals surface area (Å²) in [6.45, 7) is 3.90. The van der Waals surface area contributed by atoms with E-state index in [4.69, 9.17) is 4.74 Å². The van der Waals surface area contributed by atoms with Gasteiger partial charge in [-0.3, -0.25) is 14.4 Å². The van der Waals surface area contributed by atoms with Gasteiger partial charge in [0.2, 0.25) is 11.8 Å². The fraction of sp³-hybridized carbons (Fsp3) is 0.640. The topological polar surface area (TPSA) is 84.5 Å². The van der Waals surface area contributed by atoms with Crippen LogP contribution < -0.4 is 10.6 Å². The largest absolute Gasteiger partial charge is 0.461 e. The quantitative estimate of drug-likeness (QED) is 0.145. The zero-order chi connectivity index (χ0) is 24.0. The molecule has 0 aromatic heterocycles. The Bertz CT molecular complexity index is 659. The molecule has 1 aromatic carbocycles. The number of amides is 2. The molecule has 0 aliphatic carbocycles. The predicted octanol–water partition coefficient (Wildman–Crippen LogP) is 5.26. The van der Waals surface area contributed by atoms with Crippen molar-refractivity contribution >= 4 is 39.4 Å². The summed E-state index contributed by atoms with van der Waals surface area (Å²) in [5.74, 6) is 1.49. The summed E-state index contributed by atoms with van der Waals surface area (Å²) in [5.41, 5.74) is 0.990. The molecule has 0 atom stereocenters. The zero-order valence-electron chi connectivity index (χ0n) is 19.9. The van der Waals surface area contributed by atoms with Gasteiger partial charge >= 0.3 is 5.97 Å². The van der Waals surface area contributed by atoms with Crippen molar-refractivity contribution in [2.75, 3.05) is 24.6 Å². The molecule has 0 fully saturated rings. The van der Waals surface area contributed by atoms with Crippen molar-refractivity contribution in [3.8, 4) is 0 Å². The second-order valence-corrected chi connectivity index (χ2v) is 10.6. The minimum absolute atomic E-state index is 0.0511. The number of rotatable bonds is 20. The zero-order valence-corrected chi connectivity index (χ0v) is 21.6. The van der Waals surface area contributed by atoms with E-state index in [9.17, 15) is 14.4 Å². The van der Waals surface area contributed by atoms with E-state index in [0.29, 0.717) is 32.4 Å². The minimum Gasteiger partial charge on any atom is -0.461 e. The third-order valence-corrected chi connectivity index (χ3v) is 7.29. The fourth-order valence-electron chi connectivity index (χ4n) is 2.95. The standard InChI is InChI=1S/C25H40N2O4S2/c1-2-3-4-10-17-26-23(28)15-19-32-33-20-16-24(29)27-18-11-6-9-14-25(30)31-21-22-12-7-5-8-13-22/h5,7-8,12-13H,2-4,6,9-11,14-21H2,1H3,(H,26,28)(H,27,29). The number of hydrogen-bond donors (Lipinski definition) is 2. The predicted molar refractivity (Wildman–Crippen MR) is 139 cm³/mol. The molecule has 186 valence electrons. The molecule has 6 nitrogen and oxygen atoms in total. The Morgan fingerprint density at radius 1 is 0.758 bits per heavy atom. The van der Waals surface area contributed by atoms with Crippen molar-refractivity contribution in [1.82, 2.24) is 10.6 Å². The molecule has 0 radical (unpaired) electrons. The van der Waals surface area contributed by atoms with Crippen LogP contribution in [0, 0.1) is 0 Å². The Hall–Kier alpha value is -1.67. The van der Waals surface area contributed by atoms with Crippen LogP contribution in [0.2, 0.25) is 0 Å². The van der Waals surface area contributed by atoms with E-state index in [1.807, 2.05) is 30.3 Å². The van der Waals surface area contributed by atoms with Crippen LogP contribution in [0.15, 0.2) is 30.3 Å². The van der Waals surface area contributed by atoms with E-state index in [1.165, 1.54) is 19.3 Å². The number of unbranched alkanes of at least 4 members (excludes halogenated alkanes) is 5. The van der Waals surface area contributed by atoms with Gasteiger partial charge in [-0.15, -0.1) is 0 Å². The summed E-state index contributed by atoms with van der Waals surface area (Å²) in [7, 11) is 3.28. The van der Waals surface area contributed by atoms with E-state index in [0.717, 1.165) is 49.3 Å². The first-order valence-electron chi connectivity index (χ1n) is 12.1. The number of benzene rings is 1.